The van der Waals surface area contributed by atoms with Crippen LogP contribution in [0.5, 0.6) is 0 Å². The average molecular weight is 704 g/mol. The summed E-state index contributed by atoms with van der Waals surface area (Å²) in [5.41, 5.74) is 5.44. The van der Waals surface area contributed by atoms with E-state index in [9.17, 15) is 58.2 Å². The molecule has 21 nitrogen and oxygen atoms in total. The second kappa shape index (κ2) is 22.3. The Morgan fingerprint density at radius 3 is 1.61 bits per heavy atom. The van der Waals surface area contributed by atoms with Gasteiger partial charge in [0, 0.05) is 13.3 Å². The van der Waals surface area contributed by atoms with E-state index in [1.54, 1.807) is 0 Å². The summed E-state index contributed by atoms with van der Waals surface area (Å²) in [6.45, 7) is 3.67. The van der Waals surface area contributed by atoms with Gasteiger partial charge in [-0.15, -0.1) is 0 Å². The van der Waals surface area contributed by atoms with Gasteiger partial charge in [-0.1, -0.05) is 13.8 Å². The molecule has 0 aliphatic carbocycles. The first-order chi connectivity index (χ1) is 22.8. The number of nitrogens with one attached hydrogen (secondary N) is 6. The molecule has 0 aromatic rings. The van der Waals surface area contributed by atoms with Crippen molar-refractivity contribution < 1.29 is 68.4 Å². The van der Waals surface area contributed by atoms with Gasteiger partial charge in [0.15, 0.2) is 0 Å². The predicted octanol–water partition coefficient (Wildman–Crippen LogP) is -3.77. The zero-order valence-electron chi connectivity index (χ0n) is 27.3. The molecular weight excluding hydrogens is 658 g/mol. The van der Waals surface area contributed by atoms with Crippen molar-refractivity contribution in [2.24, 2.45) is 11.7 Å². The predicted molar refractivity (Wildman–Crippen MR) is 165 cm³/mol. The Hall–Kier alpha value is -5.34. The molecule has 0 fully saturated rings. The fourth-order valence-electron chi connectivity index (χ4n) is 4.16. The molecule has 21 heteroatoms. The molecular formula is C28H45N7O14. The van der Waals surface area contributed by atoms with Crippen molar-refractivity contribution in [1.82, 2.24) is 31.9 Å². The number of carbonyl (C=O) groups excluding carboxylic acids is 6. The van der Waals surface area contributed by atoms with Crippen molar-refractivity contribution in [1.29, 1.82) is 0 Å². The maximum Gasteiger partial charge on any atom is 0.326 e. The summed E-state index contributed by atoms with van der Waals surface area (Å²) in [5.74, 6) is -12.7. The number of hydrogen-bond acceptors (Lipinski definition) is 11. The van der Waals surface area contributed by atoms with Crippen molar-refractivity contribution in [2.45, 2.75) is 95.9 Å². The number of amides is 6. The largest absolute Gasteiger partial charge is 0.481 e. The molecule has 49 heavy (non-hydrogen) atoms. The van der Waals surface area contributed by atoms with Gasteiger partial charge in [0.1, 0.15) is 30.2 Å². The van der Waals surface area contributed by atoms with E-state index < -0.39 is 128 Å². The van der Waals surface area contributed by atoms with Crippen LogP contribution in [0, 0.1) is 5.92 Å². The minimum Gasteiger partial charge on any atom is -0.481 e. The van der Waals surface area contributed by atoms with Gasteiger partial charge in [0.2, 0.25) is 35.4 Å². The number of carboxylic acid groups (broad SMARTS) is 4. The minimum absolute atomic E-state index is 0.204. The zero-order chi connectivity index (χ0) is 37.8. The number of nitrogens with two attached hydrogens (primary N) is 1. The Balaban J connectivity index is 5.84. The summed E-state index contributed by atoms with van der Waals surface area (Å²) in [7, 11) is 0. The Morgan fingerprint density at radius 2 is 1.12 bits per heavy atom. The number of aliphatic carboxylic acids is 4. The fourth-order valence-corrected chi connectivity index (χ4v) is 4.16. The van der Waals surface area contributed by atoms with E-state index in [0.29, 0.717) is 19.4 Å². The molecule has 0 saturated carbocycles. The van der Waals surface area contributed by atoms with E-state index in [4.69, 9.17) is 15.9 Å². The van der Waals surface area contributed by atoms with Gasteiger partial charge in [-0.3, -0.25) is 43.2 Å². The van der Waals surface area contributed by atoms with Gasteiger partial charge in [0.05, 0.1) is 19.4 Å². The summed E-state index contributed by atoms with van der Waals surface area (Å²) >= 11 is 0. The lowest BCUT2D eigenvalue weighted by Crippen LogP contribution is -2.59. The Labute approximate surface area is 280 Å². The molecule has 0 radical (unpaired) electrons. The molecule has 0 aromatic heterocycles. The summed E-state index contributed by atoms with van der Waals surface area (Å²) in [6, 6.07) is -7.92. The summed E-state index contributed by atoms with van der Waals surface area (Å²) in [6.07, 6.45) is -2.02. The topological polar surface area (TPSA) is 350 Å². The highest BCUT2D eigenvalue weighted by Gasteiger charge is 2.34. The summed E-state index contributed by atoms with van der Waals surface area (Å²) in [5, 5.41) is 49.8. The van der Waals surface area contributed by atoms with E-state index in [0.717, 1.165) is 0 Å². The maximum atomic E-state index is 13.2. The SMILES string of the molecule is CC(=O)N[C@@H](CCCCN)C(=O)NCC(=O)N[C@@H](CC(=O)O)C(=O)N[C@@H](CCC(=O)O)C(=O)N[C@H](C(=O)N[C@@H](CC(=O)O)C(=O)O)C(C)C. The van der Waals surface area contributed by atoms with Crippen LogP contribution in [0.25, 0.3) is 0 Å². The number of unbranched alkanes of at least 4 members (excludes halogenated alkanes) is 1. The third kappa shape index (κ3) is 18.6. The lowest BCUT2D eigenvalue weighted by atomic mass is 10.0. The molecule has 0 aliphatic rings. The molecule has 0 spiro atoms. The van der Waals surface area contributed by atoms with Crippen LogP contribution in [0.4, 0.5) is 0 Å². The first-order valence-corrected chi connectivity index (χ1v) is 15.1. The number of hydrogen-bond donors (Lipinski definition) is 11. The lowest BCUT2D eigenvalue weighted by Gasteiger charge is -2.27. The van der Waals surface area contributed by atoms with Gasteiger partial charge in [-0.2, -0.15) is 0 Å². The molecule has 0 aromatic carbocycles. The summed E-state index contributed by atoms with van der Waals surface area (Å²) < 4.78 is 0. The standard InChI is InChI=1S/C28H45N7O14/c1-13(2)23(27(47)34-18(28(48)49)11-22(42)43)35-25(45)16(7-8-20(38)39)33-26(46)17(10-21(40)41)32-19(37)12-30-24(44)15(31-14(3)36)6-4-5-9-29/h13,15-18,23H,4-12,29H2,1-3H3,(H,30,44)(H,31,36)(H,32,37)(H,33,46)(H,34,47)(H,35,45)(H,38,39)(H,40,41)(H,42,43)(H,48,49)/t15-,16-,17-,18-,23-/m0/s1. The van der Waals surface area contributed by atoms with E-state index in [2.05, 4.69) is 26.6 Å². The molecule has 276 valence electrons. The third-order valence-electron chi connectivity index (χ3n) is 6.61. The number of carbonyl (C=O) groups is 10. The van der Waals surface area contributed by atoms with Crippen molar-refractivity contribution in [3.05, 3.63) is 0 Å². The molecule has 12 N–H and O–H groups in total. The molecule has 0 aliphatic heterocycles. The Kier molecular flexibility index (Phi) is 19.8. The van der Waals surface area contributed by atoms with Crippen LogP contribution in [-0.2, 0) is 47.9 Å². The minimum atomic E-state index is -1.86. The van der Waals surface area contributed by atoms with Crippen molar-refractivity contribution in [3.8, 4) is 0 Å². The third-order valence-corrected chi connectivity index (χ3v) is 6.61. The van der Waals surface area contributed by atoms with Gasteiger partial charge in [0.25, 0.3) is 0 Å². The van der Waals surface area contributed by atoms with E-state index in [-0.39, 0.29) is 6.42 Å². The van der Waals surface area contributed by atoms with Crippen LogP contribution in [0.1, 0.15) is 65.7 Å². The Bertz CT molecular complexity index is 1240. The molecule has 0 heterocycles. The highest BCUT2D eigenvalue weighted by molar-refractivity contribution is 5.97. The molecule has 0 rings (SSSR count). The number of carboxylic acids is 4. The van der Waals surface area contributed by atoms with Crippen molar-refractivity contribution in [2.75, 3.05) is 13.1 Å². The average Bonchev–Trinajstić information content (AvgIpc) is 2.98. The highest BCUT2D eigenvalue weighted by atomic mass is 16.4. The lowest BCUT2D eigenvalue weighted by molar-refractivity contribution is -0.147. The second-order valence-electron chi connectivity index (χ2n) is 11.2. The first-order valence-electron chi connectivity index (χ1n) is 15.1. The van der Waals surface area contributed by atoms with Crippen LogP contribution in [0.15, 0.2) is 0 Å². The van der Waals surface area contributed by atoms with Crippen LogP contribution in [-0.4, -0.2) is 123 Å². The maximum absolute atomic E-state index is 13.2. The first kappa shape index (κ1) is 43.7. The molecule has 0 bridgehead atoms. The second-order valence-corrected chi connectivity index (χ2v) is 11.2. The number of rotatable bonds is 24. The monoisotopic (exact) mass is 703 g/mol. The van der Waals surface area contributed by atoms with Gasteiger partial charge in [-0.25, -0.2) is 4.79 Å². The Morgan fingerprint density at radius 1 is 0.592 bits per heavy atom. The van der Waals surface area contributed by atoms with Crippen LogP contribution in [0.2, 0.25) is 0 Å². The zero-order valence-corrected chi connectivity index (χ0v) is 27.3. The van der Waals surface area contributed by atoms with Crippen molar-refractivity contribution >= 4 is 59.3 Å². The molecule has 0 saturated heterocycles. The van der Waals surface area contributed by atoms with Gasteiger partial charge in [-0.05, 0) is 38.1 Å². The van der Waals surface area contributed by atoms with Crippen LogP contribution < -0.4 is 37.6 Å². The van der Waals surface area contributed by atoms with Crippen molar-refractivity contribution in [3.63, 3.8) is 0 Å². The van der Waals surface area contributed by atoms with E-state index in [1.165, 1.54) is 20.8 Å². The summed E-state index contributed by atoms with van der Waals surface area (Å²) in [4.78, 5) is 121. The fraction of sp³-hybridized carbons (Fsp3) is 0.643. The van der Waals surface area contributed by atoms with Crippen LogP contribution >= 0.6 is 0 Å². The quantitative estimate of drug-likeness (QED) is 0.0430. The van der Waals surface area contributed by atoms with Gasteiger partial charge >= 0.3 is 23.9 Å². The smallest absolute Gasteiger partial charge is 0.326 e. The molecule has 0 unspecified atom stereocenters. The van der Waals surface area contributed by atoms with Gasteiger partial charge < -0.3 is 58.1 Å². The molecule has 5 atom stereocenters. The normalized spacial score (nSPS) is 13.7. The van der Waals surface area contributed by atoms with Crippen LogP contribution in [0.3, 0.4) is 0 Å². The van der Waals surface area contributed by atoms with E-state index in [1.807, 2.05) is 5.32 Å². The highest BCUT2D eigenvalue weighted by Crippen LogP contribution is 2.08. The molecule has 6 amide bonds. The van der Waals surface area contributed by atoms with E-state index >= 15 is 0 Å².